The number of hydrogen-bond donors (Lipinski definition) is 0. The van der Waals surface area contributed by atoms with Crippen LogP contribution in [0.2, 0.25) is 0 Å². The van der Waals surface area contributed by atoms with Crippen LogP contribution < -0.4 is 5.32 Å². The normalized spacial score (nSPS) is 29.3. The molecule has 0 spiro atoms. The molecule has 1 atom stereocenters. The van der Waals surface area contributed by atoms with Crippen LogP contribution in [0.25, 0.3) is 0 Å². The second kappa shape index (κ2) is 4.89. The van der Waals surface area contributed by atoms with Gasteiger partial charge in [0.2, 0.25) is 0 Å². The van der Waals surface area contributed by atoms with Crippen molar-refractivity contribution in [2.75, 3.05) is 26.2 Å². The van der Waals surface area contributed by atoms with E-state index in [4.69, 9.17) is 0 Å². The molecular formula is C11H19N2O. The zero-order valence-corrected chi connectivity index (χ0v) is 8.74. The fraction of sp³-hybridized carbons (Fsp3) is 0.909. The Hall–Kier alpha value is -0.410. The standard InChI is InChI=1S/C11H19N2O/c14-11(9-13-7-3-4-8-13)10-5-1-2-6-12-10/h10H,1-9H2. The maximum atomic E-state index is 11.8. The Balaban J connectivity index is 1.75. The molecule has 3 nitrogen and oxygen atoms in total. The minimum Gasteiger partial charge on any atom is -0.296 e. The van der Waals surface area contributed by atoms with E-state index in [0.29, 0.717) is 12.3 Å². The molecule has 2 aliphatic rings. The Kier molecular flexibility index (Phi) is 3.54. The van der Waals surface area contributed by atoms with Gasteiger partial charge in [0.05, 0.1) is 12.6 Å². The van der Waals surface area contributed by atoms with E-state index >= 15 is 0 Å². The van der Waals surface area contributed by atoms with Crippen LogP contribution in [0.3, 0.4) is 0 Å². The highest BCUT2D eigenvalue weighted by Crippen LogP contribution is 2.12. The van der Waals surface area contributed by atoms with Gasteiger partial charge in [0.1, 0.15) is 0 Å². The summed E-state index contributed by atoms with van der Waals surface area (Å²) in [6.45, 7) is 3.77. The molecule has 0 bridgehead atoms. The van der Waals surface area contributed by atoms with E-state index in [0.717, 1.165) is 26.1 Å². The molecule has 0 aliphatic carbocycles. The Labute approximate surface area is 85.8 Å². The molecular weight excluding hydrogens is 176 g/mol. The fourth-order valence-corrected chi connectivity index (χ4v) is 2.32. The first kappa shape index (κ1) is 10.1. The summed E-state index contributed by atoms with van der Waals surface area (Å²) < 4.78 is 0. The summed E-state index contributed by atoms with van der Waals surface area (Å²) in [4.78, 5) is 14.1. The van der Waals surface area contributed by atoms with E-state index in [1.54, 1.807) is 0 Å². The Morgan fingerprint density at radius 1 is 1.21 bits per heavy atom. The van der Waals surface area contributed by atoms with Crippen molar-refractivity contribution in [2.45, 2.75) is 38.1 Å². The first-order valence-electron chi connectivity index (χ1n) is 5.78. The number of carbonyl (C=O) groups is 1. The molecule has 0 amide bonds. The van der Waals surface area contributed by atoms with Gasteiger partial charge in [0, 0.05) is 6.54 Å². The van der Waals surface area contributed by atoms with E-state index in [2.05, 4.69) is 10.2 Å². The number of hydrogen-bond acceptors (Lipinski definition) is 2. The van der Waals surface area contributed by atoms with Gasteiger partial charge in [0.15, 0.2) is 5.78 Å². The summed E-state index contributed by atoms with van der Waals surface area (Å²) in [7, 11) is 0. The predicted molar refractivity (Wildman–Crippen MR) is 55.3 cm³/mol. The maximum absolute atomic E-state index is 11.8. The molecule has 0 aromatic carbocycles. The van der Waals surface area contributed by atoms with E-state index in [-0.39, 0.29) is 6.04 Å². The molecule has 0 aromatic heterocycles. The Morgan fingerprint density at radius 3 is 2.64 bits per heavy atom. The molecule has 79 valence electrons. The van der Waals surface area contributed by atoms with Crippen molar-refractivity contribution in [1.29, 1.82) is 0 Å². The highest BCUT2D eigenvalue weighted by Gasteiger charge is 2.24. The Morgan fingerprint density at radius 2 is 2.00 bits per heavy atom. The fourth-order valence-electron chi connectivity index (χ4n) is 2.32. The van der Waals surface area contributed by atoms with Crippen LogP contribution in [-0.4, -0.2) is 42.9 Å². The summed E-state index contributed by atoms with van der Waals surface area (Å²) in [6, 6.07) is 0.0318. The highest BCUT2D eigenvalue weighted by atomic mass is 16.1. The molecule has 2 rings (SSSR count). The molecule has 0 N–H and O–H groups in total. The summed E-state index contributed by atoms with van der Waals surface area (Å²) in [6.07, 6.45) is 5.87. The van der Waals surface area contributed by atoms with Crippen molar-refractivity contribution in [3.8, 4) is 0 Å². The van der Waals surface area contributed by atoms with Gasteiger partial charge in [-0.25, -0.2) is 5.32 Å². The first-order chi connectivity index (χ1) is 6.86. The SMILES string of the molecule is O=C(CN1CCCC1)C1CCCC[N]1. The van der Waals surface area contributed by atoms with Crippen molar-refractivity contribution in [2.24, 2.45) is 0 Å². The number of Topliss-reactive ketones (excluding diaryl/α,β-unsaturated/α-hetero) is 1. The van der Waals surface area contributed by atoms with E-state index < -0.39 is 0 Å². The van der Waals surface area contributed by atoms with Crippen LogP contribution in [0.5, 0.6) is 0 Å². The van der Waals surface area contributed by atoms with Gasteiger partial charge in [0.25, 0.3) is 0 Å². The molecule has 1 radical (unpaired) electrons. The van der Waals surface area contributed by atoms with Gasteiger partial charge in [-0.1, -0.05) is 6.42 Å². The van der Waals surface area contributed by atoms with E-state index in [9.17, 15) is 4.79 Å². The zero-order chi connectivity index (χ0) is 9.80. The number of piperidine rings is 1. The number of rotatable bonds is 3. The van der Waals surface area contributed by atoms with Crippen molar-refractivity contribution in [1.82, 2.24) is 10.2 Å². The molecule has 14 heavy (non-hydrogen) atoms. The number of ketones is 1. The third-order valence-corrected chi connectivity index (χ3v) is 3.18. The quantitative estimate of drug-likeness (QED) is 0.668. The lowest BCUT2D eigenvalue weighted by Crippen LogP contribution is -2.41. The molecule has 2 fully saturated rings. The third-order valence-electron chi connectivity index (χ3n) is 3.18. The summed E-state index contributed by atoms with van der Waals surface area (Å²) in [5.41, 5.74) is 0. The van der Waals surface area contributed by atoms with Gasteiger partial charge in [-0.3, -0.25) is 9.69 Å². The predicted octanol–water partition coefficient (Wildman–Crippen LogP) is 0.808. The van der Waals surface area contributed by atoms with Crippen LogP contribution in [0, 0.1) is 0 Å². The van der Waals surface area contributed by atoms with E-state index in [1.165, 1.54) is 25.7 Å². The lowest BCUT2D eigenvalue weighted by atomic mass is 10.0. The third kappa shape index (κ3) is 2.55. The molecule has 1 unspecified atom stereocenters. The van der Waals surface area contributed by atoms with Gasteiger partial charge in [-0.05, 0) is 38.8 Å². The lowest BCUT2D eigenvalue weighted by molar-refractivity contribution is -0.122. The van der Waals surface area contributed by atoms with Crippen molar-refractivity contribution < 1.29 is 4.79 Å². The topological polar surface area (TPSA) is 34.4 Å². The first-order valence-corrected chi connectivity index (χ1v) is 5.78. The number of likely N-dealkylation sites (tertiary alicyclic amines) is 1. The number of nitrogens with zero attached hydrogens (tertiary/aromatic N) is 2. The van der Waals surface area contributed by atoms with Crippen LogP contribution in [-0.2, 0) is 4.79 Å². The van der Waals surface area contributed by atoms with Crippen molar-refractivity contribution >= 4 is 5.78 Å². The minimum absolute atomic E-state index is 0.0318. The average molecular weight is 195 g/mol. The zero-order valence-electron chi connectivity index (χ0n) is 8.74. The summed E-state index contributed by atoms with van der Waals surface area (Å²) in [5.74, 6) is 0.353. The molecule has 0 aromatic rings. The maximum Gasteiger partial charge on any atom is 0.165 e. The van der Waals surface area contributed by atoms with Crippen LogP contribution in [0.4, 0.5) is 0 Å². The van der Waals surface area contributed by atoms with Crippen LogP contribution in [0.15, 0.2) is 0 Å². The van der Waals surface area contributed by atoms with Crippen molar-refractivity contribution in [3.05, 3.63) is 0 Å². The lowest BCUT2D eigenvalue weighted by Gasteiger charge is -2.22. The minimum atomic E-state index is 0.0318. The molecule has 2 heterocycles. The smallest absolute Gasteiger partial charge is 0.165 e. The number of carbonyl (C=O) groups excluding carboxylic acids is 1. The van der Waals surface area contributed by atoms with Crippen LogP contribution in [0.1, 0.15) is 32.1 Å². The molecule has 2 saturated heterocycles. The van der Waals surface area contributed by atoms with Gasteiger partial charge in [-0.15, -0.1) is 0 Å². The van der Waals surface area contributed by atoms with E-state index in [1.807, 2.05) is 0 Å². The molecule has 2 aliphatic heterocycles. The largest absolute Gasteiger partial charge is 0.296 e. The van der Waals surface area contributed by atoms with Gasteiger partial charge in [-0.2, -0.15) is 0 Å². The highest BCUT2D eigenvalue weighted by molar-refractivity contribution is 5.85. The molecule has 0 saturated carbocycles. The average Bonchev–Trinajstić information content (AvgIpc) is 2.72. The van der Waals surface area contributed by atoms with Crippen molar-refractivity contribution in [3.63, 3.8) is 0 Å². The molecule has 3 heteroatoms. The Bertz CT molecular complexity index is 193. The monoisotopic (exact) mass is 195 g/mol. The second-order valence-corrected chi connectivity index (χ2v) is 4.37. The van der Waals surface area contributed by atoms with Gasteiger partial charge >= 0.3 is 0 Å². The summed E-state index contributed by atoms with van der Waals surface area (Å²) >= 11 is 0. The van der Waals surface area contributed by atoms with Gasteiger partial charge < -0.3 is 0 Å². The summed E-state index contributed by atoms with van der Waals surface area (Å²) in [5, 5.41) is 4.40. The second-order valence-electron chi connectivity index (χ2n) is 4.37. The van der Waals surface area contributed by atoms with Crippen LogP contribution >= 0.6 is 0 Å².